The molecule has 0 aromatic heterocycles. The van der Waals surface area contributed by atoms with Crippen molar-refractivity contribution >= 4 is 21.9 Å². The van der Waals surface area contributed by atoms with Gasteiger partial charge in [-0.2, -0.15) is 0 Å². The summed E-state index contributed by atoms with van der Waals surface area (Å²) in [4.78, 5) is 23.1. The fraction of sp³-hybridized carbons (Fsp3) is 0.467. The Morgan fingerprint density at radius 1 is 1.26 bits per heavy atom. The van der Waals surface area contributed by atoms with Crippen LogP contribution in [0.5, 0.6) is 0 Å². The molecule has 23 heavy (non-hydrogen) atoms. The Morgan fingerprint density at radius 2 is 1.83 bits per heavy atom. The van der Waals surface area contributed by atoms with Crippen molar-refractivity contribution in [3.8, 4) is 0 Å². The summed E-state index contributed by atoms with van der Waals surface area (Å²) >= 11 is 0. The van der Waals surface area contributed by atoms with Crippen LogP contribution >= 0.6 is 0 Å². The minimum atomic E-state index is -3.50. The maximum absolute atomic E-state index is 11.8. The molecule has 0 saturated carbocycles. The number of carboxylic acid groups (broad SMARTS) is 1. The number of amides is 1. The molecule has 0 spiro atoms. The van der Waals surface area contributed by atoms with E-state index in [9.17, 15) is 23.1 Å². The Labute approximate surface area is 135 Å². The molecule has 0 bridgehead atoms. The quantitative estimate of drug-likeness (QED) is 0.840. The van der Waals surface area contributed by atoms with Crippen molar-refractivity contribution in [2.75, 3.05) is 6.26 Å². The van der Waals surface area contributed by atoms with Crippen molar-refractivity contribution in [2.45, 2.75) is 43.7 Å². The Balaban J connectivity index is 2.99. The van der Waals surface area contributed by atoms with E-state index in [0.29, 0.717) is 5.56 Å². The van der Waals surface area contributed by atoms with Crippen molar-refractivity contribution in [3.05, 3.63) is 29.8 Å². The number of rotatable bonds is 5. The predicted octanol–water partition coefficient (Wildman–Crippen LogP) is 1.61. The molecule has 128 valence electrons. The molecule has 0 fully saturated rings. The second kappa shape index (κ2) is 6.99. The number of hydrogen-bond acceptors (Lipinski definition) is 5. The van der Waals surface area contributed by atoms with Crippen molar-refractivity contribution in [3.63, 3.8) is 0 Å². The third-order valence-electron chi connectivity index (χ3n) is 2.79. The zero-order chi connectivity index (χ0) is 17.8. The molecule has 1 aromatic carbocycles. The number of carbonyl (C=O) groups is 2. The maximum Gasteiger partial charge on any atom is 0.408 e. The lowest BCUT2D eigenvalue weighted by Gasteiger charge is -2.22. The summed E-state index contributed by atoms with van der Waals surface area (Å²) in [6, 6.07) is 4.78. The van der Waals surface area contributed by atoms with E-state index in [2.05, 4.69) is 5.32 Å². The van der Waals surface area contributed by atoms with E-state index < -0.39 is 33.5 Å². The summed E-state index contributed by atoms with van der Waals surface area (Å²) < 4.78 is 28.5. The van der Waals surface area contributed by atoms with E-state index in [-0.39, 0.29) is 11.3 Å². The van der Waals surface area contributed by atoms with Gasteiger partial charge in [-0.25, -0.2) is 18.0 Å². The van der Waals surface area contributed by atoms with Crippen molar-refractivity contribution < 1.29 is 27.9 Å². The lowest BCUT2D eigenvalue weighted by Crippen LogP contribution is -2.44. The van der Waals surface area contributed by atoms with Gasteiger partial charge in [0.15, 0.2) is 9.84 Å². The number of sulfone groups is 1. The molecule has 8 heteroatoms. The lowest BCUT2D eigenvalue weighted by atomic mass is 10.1. The summed E-state index contributed by atoms with van der Waals surface area (Å²) in [6.07, 6.45) is 0.00232. The number of benzene rings is 1. The van der Waals surface area contributed by atoms with E-state index in [1.807, 2.05) is 0 Å². The molecule has 0 heterocycles. The molecule has 0 radical (unpaired) electrons. The summed E-state index contributed by atoms with van der Waals surface area (Å²) in [5.41, 5.74) is -0.448. The largest absolute Gasteiger partial charge is 0.480 e. The first-order valence-electron chi connectivity index (χ1n) is 6.90. The van der Waals surface area contributed by atoms with Crippen LogP contribution in [0.3, 0.4) is 0 Å². The first-order valence-corrected chi connectivity index (χ1v) is 8.79. The third kappa shape index (κ3) is 6.27. The highest BCUT2D eigenvalue weighted by Gasteiger charge is 2.26. The highest BCUT2D eigenvalue weighted by Crippen LogP contribution is 2.17. The van der Waals surface area contributed by atoms with Crippen LogP contribution in [-0.2, 0) is 25.8 Å². The highest BCUT2D eigenvalue weighted by atomic mass is 32.2. The summed E-state index contributed by atoms with van der Waals surface area (Å²) in [5, 5.41) is 11.5. The molecule has 1 aromatic rings. The normalized spacial score (nSPS) is 13.2. The Hall–Kier alpha value is -2.09. The van der Waals surface area contributed by atoms with Crippen molar-refractivity contribution in [1.82, 2.24) is 5.32 Å². The molecular weight excluding hydrogens is 322 g/mol. The van der Waals surface area contributed by atoms with Crippen LogP contribution in [0.2, 0.25) is 0 Å². The summed E-state index contributed by atoms with van der Waals surface area (Å²) in [7, 11) is -3.50. The predicted molar refractivity (Wildman–Crippen MR) is 84.0 cm³/mol. The average Bonchev–Trinajstić information content (AvgIpc) is 2.34. The van der Waals surface area contributed by atoms with E-state index >= 15 is 0 Å². The Bertz CT molecular complexity index is 690. The van der Waals surface area contributed by atoms with Gasteiger partial charge in [-0.15, -0.1) is 0 Å². The lowest BCUT2D eigenvalue weighted by molar-refractivity contribution is -0.139. The van der Waals surface area contributed by atoms with Gasteiger partial charge in [0.1, 0.15) is 11.6 Å². The number of ether oxygens (including phenoxy) is 1. The van der Waals surface area contributed by atoms with E-state index in [1.54, 1.807) is 32.9 Å². The fourth-order valence-electron chi connectivity index (χ4n) is 1.90. The number of nitrogens with one attached hydrogen (secondary N) is 1. The zero-order valence-electron chi connectivity index (χ0n) is 13.5. The average molecular weight is 343 g/mol. The molecule has 7 nitrogen and oxygen atoms in total. The maximum atomic E-state index is 11.8. The molecule has 0 aliphatic heterocycles. The van der Waals surface area contributed by atoms with Crippen LogP contribution in [0, 0.1) is 0 Å². The second-order valence-corrected chi connectivity index (χ2v) is 8.11. The van der Waals surface area contributed by atoms with Gasteiger partial charge in [0, 0.05) is 12.7 Å². The van der Waals surface area contributed by atoms with Gasteiger partial charge in [-0.1, -0.05) is 18.2 Å². The molecule has 0 saturated heterocycles. The summed E-state index contributed by atoms with van der Waals surface area (Å²) in [6.45, 7) is 4.96. The molecule has 0 aliphatic carbocycles. The number of carbonyl (C=O) groups excluding carboxylic acids is 1. The Kier molecular flexibility index (Phi) is 5.76. The highest BCUT2D eigenvalue weighted by molar-refractivity contribution is 7.90. The second-order valence-electron chi connectivity index (χ2n) is 6.12. The SMILES string of the molecule is CC(C)(C)OC(=O)N[C@@H](Cc1ccccc1S(C)(=O)=O)C(=O)O. The van der Waals surface area contributed by atoms with Gasteiger partial charge in [-0.3, -0.25) is 0 Å². The van der Waals surface area contributed by atoms with Crippen LogP contribution in [0.4, 0.5) is 4.79 Å². The monoisotopic (exact) mass is 343 g/mol. The van der Waals surface area contributed by atoms with Gasteiger partial charge in [0.05, 0.1) is 4.90 Å². The van der Waals surface area contributed by atoms with Crippen molar-refractivity contribution in [1.29, 1.82) is 0 Å². The smallest absolute Gasteiger partial charge is 0.408 e. The van der Waals surface area contributed by atoms with Crippen molar-refractivity contribution in [2.24, 2.45) is 0 Å². The van der Waals surface area contributed by atoms with Gasteiger partial charge >= 0.3 is 12.1 Å². The Morgan fingerprint density at radius 3 is 2.30 bits per heavy atom. The van der Waals surface area contributed by atoms with Crippen LogP contribution in [0.15, 0.2) is 29.2 Å². The topological polar surface area (TPSA) is 110 Å². The first-order chi connectivity index (χ1) is 10.4. The third-order valence-corrected chi connectivity index (χ3v) is 3.98. The molecule has 2 N–H and O–H groups in total. The number of aliphatic carboxylic acids is 1. The van der Waals surface area contributed by atoms with Crippen LogP contribution < -0.4 is 5.32 Å². The van der Waals surface area contributed by atoms with Crippen LogP contribution in [0.1, 0.15) is 26.3 Å². The molecule has 1 atom stereocenters. The van der Waals surface area contributed by atoms with Crippen LogP contribution in [-0.4, -0.2) is 43.5 Å². The minimum absolute atomic E-state index is 0.0391. The van der Waals surface area contributed by atoms with E-state index in [1.165, 1.54) is 12.1 Å². The van der Waals surface area contributed by atoms with Crippen LogP contribution in [0.25, 0.3) is 0 Å². The first kappa shape index (κ1) is 19.0. The fourth-order valence-corrected chi connectivity index (χ4v) is 2.86. The molecule has 1 amide bonds. The van der Waals surface area contributed by atoms with Gasteiger partial charge in [-0.05, 0) is 32.4 Å². The minimum Gasteiger partial charge on any atom is -0.480 e. The standard InChI is InChI=1S/C15H21NO6S/c1-15(2,3)22-14(19)16-11(13(17)18)9-10-7-5-6-8-12(10)23(4,20)21/h5-8,11H,9H2,1-4H3,(H,16,19)(H,17,18)/t11-/m0/s1. The number of carboxylic acids is 1. The van der Waals surface area contributed by atoms with E-state index in [0.717, 1.165) is 6.26 Å². The van der Waals surface area contributed by atoms with Gasteiger partial charge in [0.2, 0.25) is 0 Å². The zero-order valence-corrected chi connectivity index (χ0v) is 14.3. The van der Waals surface area contributed by atoms with E-state index in [4.69, 9.17) is 4.74 Å². The number of hydrogen-bond donors (Lipinski definition) is 2. The summed E-state index contributed by atoms with van der Waals surface area (Å²) in [5.74, 6) is -1.28. The van der Waals surface area contributed by atoms with Gasteiger partial charge < -0.3 is 15.2 Å². The number of alkyl carbamates (subject to hydrolysis) is 1. The molecule has 0 aliphatic rings. The van der Waals surface area contributed by atoms with Gasteiger partial charge in [0.25, 0.3) is 0 Å². The molecule has 1 rings (SSSR count). The molecule has 0 unspecified atom stereocenters. The molecular formula is C15H21NO6S.